The summed E-state index contributed by atoms with van der Waals surface area (Å²) >= 11 is 1.94. The standard InChI is InChI=1S/C11H10IN5O3/c1-7-8(3-2-4-9(7)17(19)20)14-10(18)5-16-6-13-11(12)15-16/h2-4,6H,5H2,1H3,(H,14,18). The molecule has 1 amide bonds. The van der Waals surface area contributed by atoms with E-state index in [0.29, 0.717) is 15.1 Å². The van der Waals surface area contributed by atoms with Crippen molar-refractivity contribution in [3.63, 3.8) is 0 Å². The van der Waals surface area contributed by atoms with E-state index >= 15 is 0 Å². The number of anilines is 1. The van der Waals surface area contributed by atoms with Gasteiger partial charge in [-0.3, -0.25) is 14.9 Å². The number of benzene rings is 1. The molecule has 0 bridgehead atoms. The molecule has 0 radical (unpaired) electrons. The van der Waals surface area contributed by atoms with E-state index in [1.807, 2.05) is 22.6 Å². The summed E-state index contributed by atoms with van der Waals surface area (Å²) in [5, 5.41) is 17.4. The Labute approximate surface area is 127 Å². The minimum absolute atomic E-state index is 0.00185. The van der Waals surface area contributed by atoms with E-state index in [2.05, 4.69) is 15.4 Å². The topological polar surface area (TPSA) is 103 Å². The van der Waals surface area contributed by atoms with Gasteiger partial charge in [0.1, 0.15) is 12.9 Å². The quantitative estimate of drug-likeness (QED) is 0.489. The summed E-state index contributed by atoms with van der Waals surface area (Å²) < 4.78 is 1.94. The number of hydrogen-bond donors (Lipinski definition) is 1. The monoisotopic (exact) mass is 387 g/mol. The Bertz CT molecular complexity index is 670. The van der Waals surface area contributed by atoms with Crippen molar-refractivity contribution in [3.8, 4) is 0 Å². The van der Waals surface area contributed by atoms with E-state index in [9.17, 15) is 14.9 Å². The molecule has 0 spiro atoms. The van der Waals surface area contributed by atoms with Gasteiger partial charge in [-0.1, -0.05) is 6.07 Å². The number of amides is 1. The molecule has 0 saturated heterocycles. The van der Waals surface area contributed by atoms with Crippen LogP contribution in [0.3, 0.4) is 0 Å². The van der Waals surface area contributed by atoms with Crippen molar-refractivity contribution in [1.29, 1.82) is 0 Å². The van der Waals surface area contributed by atoms with Crippen LogP contribution in [0.2, 0.25) is 0 Å². The molecule has 2 rings (SSSR count). The van der Waals surface area contributed by atoms with Crippen LogP contribution in [-0.4, -0.2) is 25.6 Å². The molecule has 1 aromatic heterocycles. The summed E-state index contributed by atoms with van der Waals surface area (Å²) in [5.41, 5.74) is 0.802. The molecule has 1 N–H and O–H groups in total. The van der Waals surface area contributed by atoms with Crippen molar-refractivity contribution in [3.05, 3.63) is 44.0 Å². The van der Waals surface area contributed by atoms with Crippen molar-refractivity contribution in [2.45, 2.75) is 13.5 Å². The first-order valence-corrected chi connectivity index (χ1v) is 6.64. The number of carbonyl (C=O) groups excluding carboxylic acids is 1. The number of halogens is 1. The fraction of sp³-hybridized carbons (Fsp3) is 0.182. The minimum Gasteiger partial charge on any atom is -0.324 e. The number of rotatable bonds is 4. The van der Waals surface area contributed by atoms with Crippen LogP contribution < -0.4 is 5.32 Å². The van der Waals surface area contributed by atoms with Crippen molar-refractivity contribution in [2.24, 2.45) is 0 Å². The molecule has 9 heteroatoms. The predicted molar refractivity (Wildman–Crippen MR) is 79.2 cm³/mol. The number of nitro benzene ring substituents is 1. The van der Waals surface area contributed by atoms with Gasteiger partial charge >= 0.3 is 0 Å². The number of nitrogens with zero attached hydrogens (tertiary/aromatic N) is 4. The van der Waals surface area contributed by atoms with Crippen LogP contribution in [0.15, 0.2) is 24.5 Å². The van der Waals surface area contributed by atoms with Gasteiger partial charge in [0.15, 0.2) is 0 Å². The molecule has 0 atom stereocenters. The molecular formula is C11H10IN5O3. The fourth-order valence-corrected chi connectivity index (χ4v) is 2.04. The second-order valence-corrected chi connectivity index (χ2v) is 4.93. The Morgan fingerprint density at radius 3 is 2.90 bits per heavy atom. The van der Waals surface area contributed by atoms with E-state index in [1.54, 1.807) is 13.0 Å². The maximum Gasteiger partial charge on any atom is 0.274 e. The van der Waals surface area contributed by atoms with Crippen LogP contribution in [0.25, 0.3) is 0 Å². The maximum atomic E-state index is 11.9. The summed E-state index contributed by atoms with van der Waals surface area (Å²) in [5.74, 6) is -0.324. The summed E-state index contributed by atoms with van der Waals surface area (Å²) in [6, 6.07) is 4.54. The third-order valence-electron chi connectivity index (χ3n) is 2.59. The number of hydrogen-bond acceptors (Lipinski definition) is 5. The highest BCUT2D eigenvalue weighted by Gasteiger charge is 2.15. The lowest BCUT2D eigenvalue weighted by atomic mass is 10.1. The van der Waals surface area contributed by atoms with Gasteiger partial charge < -0.3 is 5.32 Å². The van der Waals surface area contributed by atoms with Crippen LogP contribution in [0.5, 0.6) is 0 Å². The summed E-state index contributed by atoms with van der Waals surface area (Å²) in [6.45, 7) is 1.59. The Hall–Kier alpha value is -2.04. The van der Waals surface area contributed by atoms with Gasteiger partial charge in [0.05, 0.1) is 16.2 Å². The predicted octanol–water partition coefficient (Wildman–Crippen LogP) is 1.74. The molecule has 0 unspecified atom stereocenters. The second-order valence-electron chi connectivity index (χ2n) is 3.97. The molecule has 8 nitrogen and oxygen atoms in total. The molecule has 1 heterocycles. The highest BCUT2D eigenvalue weighted by atomic mass is 127. The smallest absolute Gasteiger partial charge is 0.274 e. The van der Waals surface area contributed by atoms with Gasteiger partial charge in [-0.25, -0.2) is 9.67 Å². The zero-order chi connectivity index (χ0) is 14.7. The summed E-state index contributed by atoms with van der Waals surface area (Å²) in [7, 11) is 0. The Kier molecular flexibility index (Phi) is 4.27. The number of nitro groups is 1. The molecule has 0 fully saturated rings. The highest BCUT2D eigenvalue weighted by Crippen LogP contribution is 2.24. The van der Waals surface area contributed by atoms with Gasteiger partial charge in [-0.2, -0.15) is 0 Å². The third-order valence-corrected chi connectivity index (χ3v) is 3.08. The molecule has 20 heavy (non-hydrogen) atoms. The average molecular weight is 387 g/mol. The van der Waals surface area contributed by atoms with E-state index in [0.717, 1.165) is 0 Å². The fourth-order valence-electron chi connectivity index (χ4n) is 1.64. The molecule has 1 aromatic carbocycles. The highest BCUT2D eigenvalue weighted by molar-refractivity contribution is 14.1. The van der Waals surface area contributed by atoms with Crippen LogP contribution in [0, 0.1) is 20.9 Å². The zero-order valence-electron chi connectivity index (χ0n) is 10.4. The van der Waals surface area contributed by atoms with Crippen LogP contribution in [0.4, 0.5) is 11.4 Å². The molecular weight excluding hydrogens is 377 g/mol. The third kappa shape index (κ3) is 3.29. The van der Waals surface area contributed by atoms with Gasteiger partial charge in [0.25, 0.3) is 5.69 Å². The van der Waals surface area contributed by atoms with E-state index in [4.69, 9.17) is 0 Å². The van der Waals surface area contributed by atoms with Crippen molar-refractivity contribution < 1.29 is 9.72 Å². The van der Waals surface area contributed by atoms with Crippen molar-refractivity contribution in [2.75, 3.05) is 5.32 Å². The Morgan fingerprint density at radius 1 is 1.55 bits per heavy atom. The average Bonchev–Trinajstić information content (AvgIpc) is 2.77. The minimum atomic E-state index is -0.481. The normalized spacial score (nSPS) is 10.3. The van der Waals surface area contributed by atoms with Gasteiger partial charge in [-0.05, 0) is 13.0 Å². The van der Waals surface area contributed by atoms with Crippen LogP contribution in [-0.2, 0) is 11.3 Å². The van der Waals surface area contributed by atoms with Crippen LogP contribution in [0.1, 0.15) is 5.56 Å². The molecule has 0 saturated carbocycles. The largest absolute Gasteiger partial charge is 0.324 e. The SMILES string of the molecule is Cc1c(NC(=O)Cn2cnc(I)n2)cccc1[N+](=O)[O-]. The van der Waals surface area contributed by atoms with Crippen molar-refractivity contribution >= 4 is 39.9 Å². The number of carbonyl (C=O) groups is 1. The molecule has 104 valence electrons. The van der Waals surface area contributed by atoms with E-state index in [1.165, 1.54) is 23.1 Å². The molecule has 2 aromatic rings. The van der Waals surface area contributed by atoms with Crippen LogP contribution >= 0.6 is 22.6 Å². The lowest BCUT2D eigenvalue weighted by molar-refractivity contribution is -0.385. The van der Waals surface area contributed by atoms with Crippen molar-refractivity contribution in [1.82, 2.24) is 14.8 Å². The first-order valence-electron chi connectivity index (χ1n) is 5.56. The number of nitrogens with one attached hydrogen (secondary N) is 1. The molecule has 0 aliphatic heterocycles. The lowest BCUT2D eigenvalue weighted by Gasteiger charge is -2.08. The molecule has 0 aliphatic carbocycles. The Balaban J connectivity index is 2.12. The molecule has 0 aliphatic rings. The van der Waals surface area contributed by atoms with E-state index < -0.39 is 4.92 Å². The van der Waals surface area contributed by atoms with E-state index in [-0.39, 0.29) is 18.1 Å². The summed E-state index contributed by atoms with van der Waals surface area (Å²) in [6.07, 6.45) is 1.45. The lowest BCUT2D eigenvalue weighted by Crippen LogP contribution is -2.19. The maximum absolute atomic E-state index is 11.9. The second kappa shape index (κ2) is 5.94. The van der Waals surface area contributed by atoms with Gasteiger partial charge in [0, 0.05) is 28.7 Å². The first kappa shape index (κ1) is 14.4. The van der Waals surface area contributed by atoms with Gasteiger partial charge in [-0.15, -0.1) is 5.10 Å². The zero-order valence-corrected chi connectivity index (χ0v) is 12.6. The van der Waals surface area contributed by atoms with Gasteiger partial charge in [0.2, 0.25) is 9.74 Å². The summed E-state index contributed by atoms with van der Waals surface area (Å²) in [4.78, 5) is 26.1. The first-order chi connectivity index (χ1) is 9.47. The Morgan fingerprint density at radius 2 is 2.30 bits per heavy atom. The number of aromatic nitrogens is 3.